The highest BCUT2D eigenvalue weighted by atomic mass is 16.6. The Labute approximate surface area is 245 Å². The van der Waals surface area contributed by atoms with Crippen LogP contribution in [0.1, 0.15) is 50.7 Å². The highest BCUT2D eigenvalue weighted by Gasteiger charge is 2.69. The van der Waals surface area contributed by atoms with Crippen LogP contribution in [0.4, 0.5) is 0 Å². The van der Waals surface area contributed by atoms with E-state index in [4.69, 9.17) is 24.4 Å². The van der Waals surface area contributed by atoms with Gasteiger partial charge >= 0.3 is 23.9 Å². The number of carboxylic acids is 2. The fraction of sp³-hybridized carbons (Fsp3) is 0.536. The van der Waals surface area contributed by atoms with E-state index in [2.05, 4.69) is 5.32 Å². The van der Waals surface area contributed by atoms with Gasteiger partial charge in [0.05, 0.1) is 23.9 Å². The van der Waals surface area contributed by atoms with Gasteiger partial charge < -0.3 is 50.4 Å². The summed E-state index contributed by atoms with van der Waals surface area (Å²) in [6, 6.07) is 1.09. The van der Waals surface area contributed by atoms with Crippen molar-refractivity contribution in [2.24, 2.45) is 0 Å². The molecule has 1 aliphatic heterocycles. The third-order valence-electron chi connectivity index (χ3n) is 8.42. The summed E-state index contributed by atoms with van der Waals surface area (Å²) in [7, 11) is 1.73. The lowest BCUT2D eigenvalue weighted by Crippen LogP contribution is -2.70. The molecule has 0 saturated carbocycles. The van der Waals surface area contributed by atoms with Crippen molar-refractivity contribution in [2.75, 3.05) is 7.05 Å². The van der Waals surface area contributed by atoms with Crippen LogP contribution in [0.25, 0.3) is 0 Å². The van der Waals surface area contributed by atoms with Crippen LogP contribution in [0.2, 0.25) is 0 Å². The van der Waals surface area contributed by atoms with Crippen LogP contribution in [0.15, 0.2) is 24.0 Å². The van der Waals surface area contributed by atoms with E-state index in [1.54, 1.807) is 13.1 Å². The van der Waals surface area contributed by atoms with Crippen molar-refractivity contribution in [1.82, 2.24) is 10.6 Å². The summed E-state index contributed by atoms with van der Waals surface area (Å²) in [4.78, 5) is 59.4. The van der Waals surface area contributed by atoms with Gasteiger partial charge in [-0.2, -0.15) is 0 Å². The number of aliphatic hydroxyl groups is 2. The van der Waals surface area contributed by atoms with E-state index < -0.39 is 78.0 Å². The Hall–Kier alpha value is -4.21. The molecule has 0 radical (unpaired) electrons. The van der Waals surface area contributed by atoms with Crippen LogP contribution >= 0.6 is 0 Å². The Balaban J connectivity index is 1.45. The number of carboxylic acid groups (broad SMARTS) is 2. The quantitative estimate of drug-likeness (QED) is 0.145. The first-order chi connectivity index (χ1) is 20.2. The van der Waals surface area contributed by atoms with Crippen LogP contribution < -0.4 is 15.4 Å². The van der Waals surface area contributed by atoms with Crippen molar-refractivity contribution >= 4 is 29.8 Å². The number of aliphatic carboxylic acids is 2. The van der Waals surface area contributed by atoms with Gasteiger partial charge in [-0.15, -0.1) is 0 Å². The molecule has 43 heavy (non-hydrogen) atoms. The topological polar surface area (TPSA) is 238 Å². The Kier molecular flexibility index (Phi) is 8.72. The zero-order valence-corrected chi connectivity index (χ0v) is 23.7. The normalized spacial score (nSPS) is 27.0. The summed E-state index contributed by atoms with van der Waals surface area (Å²) >= 11 is 0. The van der Waals surface area contributed by atoms with Crippen molar-refractivity contribution in [3.8, 4) is 11.5 Å². The first-order valence-corrected chi connectivity index (χ1v) is 13.7. The lowest BCUT2D eigenvalue weighted by Gasteiger charge is -2.56. The maximum atomic E-state index is 12.8. The van der Waals surface area contributed by atoms with E-state index in [1.807, 2.05) is 12.2 Å². The van der Waals surface area contributed by atoms with Crippen molar-refractivity contribution < 1.29 is 63.7 Å². The molecule has 1 amide bonds. The molecule has 3 aliphatic rings. The third-order valence-corrected chi connectivity index (χ3v) is 8.42. The smallest absolute Gasteiger partial charge is 0.336 e. The number of nitrogens with one attached hydrogen (secondary N) is 2. The number of ether oxygens (including phenoxy) is 3. The van der Waals surface area contributed by atoms with Crippen LogP contribution in [-0.4, -0.2) is 98.4 Å². The van der Waals surface area contributed by atoms with Gasteiger partial charge in [0.25, 0.3) is 5.91 Å². The maximum absolute atomic E-state index is 12.8. The van der Waals surface area contributed by atoms with E-state index >= 15 is 0 Å². The molecular formula is C28H34N2O13. The zero-order valence-electron chi connectivity index (χ0n) is 23.7. The molecule has 7 N–H and O–H groups in total. The number of hydrogen-bond donors (Lipinski definition) is 7. The molecule has 15 nitrogen and oxygen atoms in total. The molecule has 4 rings (SSSR count). The number of phenols is 1. The van der Waals surface area contributed by atoms with E-state index in [0.717, 1.165) is 12.5 Å². The highest BCUT2D eigenvalue weighted by molar-refractivity contribution is 5.90. The van der Waals surface area contributed by atoms with Crippen LogP contribution in [0.3, 0.4) is 0 Å². The van der Waals surface area contributed by atoms with Crippen LogP contribution in [-0.2, 0) is 45.3 Å². The minimum absolute atomic E-state index is 0.0290. The molecule has 7 atom stereocenters. The molecular weight excluding hydrogens is 572 g/mol. The molecule has 0 bridgehead atoms. The Bertz CT molecular complexity index is 1380. The number of aliphatic hydroxyl groups excluding tert-OH is 1. The highest BCUT2D eigenvalue weighted by Crippen LogP contribution is 2.63. The molecule has 0 spiro atoms. The fourth-order valence-corrected chi connectivity index (χ4v) is 6.36. The molecule has 15 heteroatoms. The minimum atomic E-state index is -2.07. The van der Waals surface area contributed by atoms with E-state index in [1.165, 1.54) is 12.1 Å². The fourth-order valence-electron chi connectivity index (χ4n) is 6.36. The standard InChI is InChI=1S/C28H34N2O13/c1-4-27-21-13-5-6-15(31)22(21)43-23(27)17(7-8-28(27,40)18(9-13)29-3)42-20(35)11-16(32)26(39)41-12(2)24(36)30-14(25(37)38)10-19(33)34/h5-7,12,14,16,18,23,29,31-32,40H,4,8-11H2,1-3H3,(H,30,36)(H,33,34)(H,37,38)/t12-,14-,16-,18+,23-,27-,28+/m0/s1. The lowest BCUT2D eigenvalue weighted by atomic mass is 9.52. The summed E-state index contributed by atoms with van der Waals surface area (Å²) in [5, 5.41) is 55.9. The van der Waals surface area contributed by atoms with Crippen molar-refractivity contribution in [3.05, 3.63) is 35.1 Å². The summed E-state index contributed by atoms with van der Waals surface area (Å²) in [5.74, 6) is -6.59. The monoisotopic (exact) mass is 606 g/mol. The van der Waals surface area contributed by atoms with Gasteiger partial charge in [-0.05, 0) is 44.5 Å². The number of benzene rings is 1. The molecule has 234 valence electrons. The lowest BCUT2D eigenvalue weighted by molar-refractivity contribution is -0.167. The maximum Gasteiger partial charge on any atom is 0.336 e. The second-order valence-corrected chi connectivity index (χ2v) is 10.8. The third kappa shape index (κ3) is 5.39. The van der Waals surface area contributed by atoms with Gasteiger partial charge in [-0.25, -0.2) is 9.59 Å². The van der Waals surface area contributed by atoms with Gasteiger partial charge in [0, 0.05) is 18.0 Å². The first kappa shape index (κ1) is 31.7. The molecule has 0 fully saturated rings. The summed E-state index contributed by atoms with van der Waals surface area (Å²) in [6.45, 7) is 2.92. The van der Waals surface area contributed by atoms with Gasteiger partial charge in [0.2, 0.25) is 0 Å². The number of aromatic hydroxyl groups is 1. The molecule has 1 heterocycles. The number of rotatable bonds is 12. The van der Waals surface area contributed by atoms with Gasteiger partial charge in [0.15, 0.2) is 29.8 Å². The Morgan fingerprint density at radius 1 is 1.16 bits per heavy atom. The predicted octanol–water partition coefficient (Wildman–Crippen LogP) is -0.766. The van der Waals surface area contributed by atoms with Crippen LogP contribution in [0, 0.1) is 0 Å². The predicted molar refractivity (Wildman–Crippen MR) is 143 cm³/mol. The first-order valence-electron chi connectivity index (χ1n) is 13.7. The number of carbonyl (C=O) groups is 5. The van der Waals surface area contributed by atoms with Gasteiger partial charge in [-0.1, -0.05) is 13.0 Å². The van der Waals surface area contributed by atoms with Crippen molar-refractivity contribution in [2.45, 2.75) is 87.4 Å². The second-order valence-electron chi connectivity index (χ2n) is 10.8. The molecule has 2 aliphatic carbocycles. The number of esters is 2. The number of amides is 1. The minimum Gasteiger partial charge on any atom is -0.504 e. The number of phenolic OH excluding ortho intramolecular Hbond substituents is 1. The molecule has 1 aromatic carbocycles. The molecule has 0 saturated heterocycles. The molecule has 1 aromatic rings. The van der Waals surface area contributed by atoms with Crippen molar-refractivity contribution in [1.29, 1.82) is 0 Å². The zero-order chi connectivity index (χ0) is 31.9. The van der Waals surface area contributed by atoms with Crippen molar-refractivity contribution in [3.63, 3.8) is 0 Å². The summed E-state index contributed by atoms with van der Waals surface area (Å²) < 4.78 is 16.5. The Morgan fingerprint density at radius 2 is 1.86 bits per heavy atom. The molecule has 0 unspecified atom stereocenters. The second kappa shape index (κ2) is 11.8. The van der Waals surface area contributed by atoms with E-state index in [9.17, 15) is 39.3 Å². The summed E-state index contributed by atoms with van der Waals surface area (Å²) in [6.07, 6.45) is -4.13. The van der Waals surface area contributed by atoms with E-state index in [-0.39, 0.29) is 29.7 Å². The largest absolute Gasteiger partial charge is 0.504 e. The average molecular weight is 607 g/mol. The van der Waals surface area contributed by atoms with Gasteiger partial charge in [0.1, 0.15) is 11.8 Å². The number of hydrogen-bond acceptors (Lipinski definition) is 12. The van der Waals surface area contributed by atoms with Crippen LogP contribution in [0.5, 0.6) is 11.5 Å². The average Bonchev–Trinajstić information content (AvgIpc) is 3.32. The van der Waals surface area contributed by atoms with Gasteiger partial charge in [-0.3, -0.25) is 14.4 Å². The molecule has 0 aromatic heterocycles. The van der Waals surface area contributed by atoms with E-state index in [0.29, 0.717) is 18.4 Å². The number of likely N-dealkylation sites (N-methyl/N-ethyl adjacent to an activating group) is 1. The number of carbonyl (C=O) groups excluding carboxylic acids is 3. The SMILES string of the molecule is CC[C@]12c3c4ccc(O)c3O[C@H]1C(OC(=O)C[C@H](O)C(=O)O[C@@H](C)C(=O)N[C@@H](CC(=O)O)C(=O)O)=CC[C@@]2(O)[C@H](NC)C4. The Morgan fingerprint density at radius 3 is 2.47 bits per heavy atom. The summed E-state index contributed by atoms with van der Waals surface area (Å²) in [5.41, 5.74) is -0.961.